The monoisotopic (exact) mass is 240 g/mol. The van der Waals surface area contributed by atoms with Crippen LogP contribution in [0.5, 0.6) is 0 Å². The highest BCUT2D eigenvalue weighted by Gasteiger charge is 2.27. The van der Waals surface area contributed by atoms with Crippen molar-refractivity contribution in [2.24, 2.45) is 0 Å². The van der Waals surface area contributed by atoms with Crippen LogP contribution in [0.3, 0.4) is 0 Å². The number of rotatable bonds is 2. The van der Waals surface area contributed by atoms with Gasteiger partial charge < -0.3 is 14.7 Å². The van der Waals surface area contributed by atoms with Gasteiger partial charge in [-0.25, -0.2) is 4.98 Å². The minimum Gasteiger partial charge on any atom is -0.394 e. The van der Waals surface area contributed by atoms with E-state index in [1.54, 1.807) is 0 Å². The van der Waals surface area contributed by atoms with E-state index in [-0.39, 0.29) is 24.1 Å². The molecule has 1 aliphatic heterocycles. The van der Waals surface area contributed by atoms with Crippen molar-refractivity contribution < 1.29 is 19.0 Å². The number of amides is 1. The zero-order valence-electron chi connectivity index (χ0n) is 9.17. The molecule has 1 aromatic heterocycles. The zero-order chi connectivity index (χ0) is 12.3. The summed E-state index contributed by atoms with van der Waals surface area (Å²) >= 11 is 0. The van der Waals surface area contributed by atoms with Crippen LogP contribution >= 0.6 is 0 Å². The van der Waals surface area contributed by atoms with E-state index < -0.39 is 5.95 Å². The minimum atomic E-state index is -0.690. The molecule has 5 nitrogen and oxygen atoms in total. The smallest absolute Gasteiger partial charge is 0.254 e. The van der Waals surface area contributed by atoms with Crippen molar-refractivity contribution in [3.63, 3.8) is 0 Å². The number of aliphatic hydroxyl groups excluding tert-OH is 1. The predicted molar refractivity (Wildman–Crippen MR) is 56.9 cm³/mol. The molecule has 0 radical (unpaired) electrons. The number of carbonyl (C=O) groups is 1. The van der Waals surface area contributed by atoms with E-state index in [1.165, 1.54) is 17.2 Å². The Morgan fingerprint density at radius 1 is 1.71 bits per heavy atom. The molecule has 0 aliphatic carbocycles. The molecule has 1 saturated heterocycles. The van der Waals surface area contributed by atoms with Crippen molar-refractivity contribution in [2.75, 3.05) is 26.4 Å². The molecule has 1 aliphatic rings. The maximum Gasteiger partial charge on any atom is 0.254 e. The van der Waals surface area contributed by atoms with Gasteiger partial charge in [-0.1, -0.05) is 0 Å². The molecule has 0 saturated carbocycles. The molecule has 17 heavy (non-hydrogen) atoms. The topological polar surface area (TPSA) is 62.7 Å². The summed E-state index contributed by atoms with van der Waals surface area (Å²) in [5.74, 6) is -1.00. The third-order valence-corrected chi connectivity index (χ3v) is 2.67. The minimum absolute atomic E-state index is 0.167. The Bertz CT molecular complexity index is 413. The van der Waals surface area contributed by atoms with Gasteiger partial charge in [0.25, 0.3) is 5.91 Å². The van der Waals surface area contributed by atoms with Crippen LogP contribution < -0.4 is 0 Å². The Hall–Kier alpha value is -1.53. The third kappa shape index (κ3) is 2.59. The summed E-state index contributed by atoms with van der Waals surface area (Å²) in [4.78, 5) is 17.0. The van der Waals surface area contributed by atoms with Crippen LogP contribution in [0.4, 0.5) is 4.39 Å². The van der Waals surface area contributed by atoms with Gasteiger partial charge >= 0.3 is 0 Å². The number of halogens is 1. The summed E-state index contributed by atoms with van der Waals surface area (Å²) in [5, 5.41) is 9.15. The van der Waals surface area contributed by atoms with E-state index in [4.69, 9.17) is 9.84 Å². The molecule has 1 unspecified atom stereocenters. The van der Waals surface area contributed by atoms with Gasteiger partial charge in [-0.05, 0) is 6.07 Å². The summed E-state index contributed by atoms with van der Waals surface area (Å²) in [7, 11) is 0. The van der Waals surface area contributed by atoms with Gasteiger partial charge in [0.05, 0.1) is 25.9 Å². The van der Waals surface area contributed by atoms with Crippen molar-refractivity contribution in [2.45, 2.75) is 6.04 Å². The fraction of sp³-hybridized carbons (Fsp3) is 0.455. The lowest BCUT2D eigenvalue weighted by molar-refractivity contribution is -0.0184. The first kappa shape index (κ1) is 11.9. The van der Waals surface area contributed by atoms with Crippen LogP contribution in [0.15, 0.2) is 18.3 Å². The number of aromatic nitrogens is 1. The first-order chi connectivity index (χ1) is 8.22. The summed E-state index contributed by atoms with van der Waals surface area (Å²) in [5.41, 5.74) is 0.234. The molecule has 1 amide bonds. The normalized spacial score (nSPS) is 20.4. The van der Waals surface area contributed by atoms with Gasteiger partial charge in [-0.3, -0.25) is 4.79 Å². The number of aliphatic hydroxyl groups is 1. The van der Waals surface area contributed by atoms with Crippen LogP contribution in [0.1, 0.15) is 10.4 Å². The maximum atomic E-state index is 12.9. The van der Waals surface area contributed by atoms with Crippen LogP contribution in [-0.2, 0) is 4.74 Å². The highest BCUT2D eigenvalue weighted by atomic mass is 19.1. The molecular weight excluding hydrogens is 227 g/mol. The second kappa shape index (κ2) is 5.20. The fourth-order valence-corrected chi connectivity index (χ4v) is 1.77. The largest absolute Gasteiger partial charge is 0.394 e. The average Bonchev–Trinajstić information content (AvgIpc) is 2.38. The first-order valence-electron chi connectivity index (χ1n) is 5.33. The summed E-state index contributed by atoms with van der Waals surface area (Å²) in [6.45, 7) is 0.957. The van der Waals surface area contributed by atoms with Crippen LogP contribution in [0, 0.1) is 5.95 Å². The third-order valence-electron chi connectivity index (χ3n) is 2.67. The van der Waals surface area contributed by atoms with Crippen LogP contribution in [0.2, 0.25) is 0 Å². The van der Waals surface area contributed by atoms with Crippen molar-refractivity contribution in [1.82, 2.24) is 9.88 Å². The first-order valence-corrected chi connectivity index (χ1v) is 5.33. The number of nitrogens with zero attached hydrogens (tertiary/aromatic N) is 2. The lowest BCUT2D eigenvalue weighted by Gasteiger charge is -2.34. The number of hydrogen-bond donors (Lipinski definition) is 1. The van der Waals surface area contributed by atoms with Gasteiger partial charge in [0.1, 0.15) is 0 Å². The standard InChI is InChI=1S/C11H13FN2O3/c12-10-5-8(1-2-13-10)11(16)14-3-4-17-7-9(14)6-15/h1-2,5,9,15H,3-4,6-7H2. The molecule has 2 heterocycles. The molecule has 2 rings (SSSR count). The Balaban J connectivity index is 2.18. The molecule has 1 N–H and O–H groups in total. The average molecular weight is 240 g/mol. The molecule has 1 atom stereocenters. The molecule has 1 fully saturated rings. The van der Waals surface area contributed by atoms with E-state index in [1.807, 2.05) is 0 Å². The molecule has 6 heteroatoms. The number of pyridine rings is 1. The van der Waals surface area contributed by atoms with E-state index >= 15 is 0 Å². The summed E-state index contributed by atoms with van der Waals surface area (Å²) in [6, 6.07) is 2.18. The zero-order valence-corrected chi connectivity index (χ0v) is 9.17. The highest BCUT2D eigenvalue weighted by Crippen LogP contribution is 2.12. The molecule has 0 bridgehead atoms. The van der Waals surface area contributed by atoms with E-state index in [9.17, 15) is 9.18 Å². The predicted octanol–water partition coefficient (Wildman–Crippen LogP) is 0.0540. The second-order valence-electron chi connectivity index (χ2n) is 3.78. The van der Waals surface area contributed by atoms with Gasteiger partial charge in [-0.15, -0.1) is 0 Å². The van der Waals surface area contributed by atoms with Crippen molar-refractivity contribution in [3.8, 4) is 0 Å². The van der Waals surface area contributed by atoms with Crippen LogP contribution in [-0.4, -0.2) is 53.3 Å². The van der Waals surface area contributed by atoms with Crippen molar-refractivity contribution >= 4 is 5.91 Å². The number of ether oxygens (including phenoxy) is 1. The van der Waals surface area contributed by atoms with Gasteiger partial charge in [0, 0.05) is 24.4 Å². The van der Waals surface area contributed by atoms with E-state index in [0.717, 1.165) is 6.07 Å². The van der Waals surface area contributed by atoms with Gasteiger partial charge in [-0.2, -0.15) is 4.39 Å². The molecule has 1 aromatic rings. The van der Waals surface area contributed by atoms with Crippen molar-refractivity contribution in [3.05, 3.63) is 29.8 Å². The number of hydrogen-bond acceptors (Lipinski definition) is 4. The lowest BCUT2D eigenvalue weighted by Crippen LogP contribution is -2.50. The molecule has 92 valence electrons. The Morgan fingerprint density at radius 3 is 3.24 bits per heavy atom. The second-order valence-corrected chi connectivity index (χ2v) is 3.78. The number of carbonyl (C=O) groups excluding carboxylic acids is 1. The highest BCUT2D eigenvalue weighted by molar-refractivity contribution is 5.94. The van der Waals surface area contributed by atoms with Crippen molar-refractivity contribution in [1.29, 1.82) is 0 Å². The summed E-state index contributed by atoms with van der Waals surface area (Å²) in [6.07, 6.45) is 1.25. The van der Waals surface area contributed by atoms with E-state index in [0.29, 0.717) is 19.8 Å². The summed E-state index contributed by atoms with van der Waals surface area (Å²) < 4.78 is 18.1. The SMILES string of the molecule is O=C(c1ccnc(F)c1)N1CCOCC1CO. The van der Waals surface area contributed by atoms with E-state index in [2.05, 4.69) is 4.98 Å². The van der Waals surface area contributed by atoms with Crippen LogP contribution in [0.25, 0.3) is 0 Å². The Kier molecular flexibility index (Phi) is 3.65. The molecule has 0 aromatic carbocycles. The molecular formula is C11H13FN2O3. The lowest BCUT2D eigenvalue weighted by atomic mass is 10.1. The fourth-order valence-electron chi connectivity index (χ4n) is 1.77. The molecule has 0 spiro atoms. The Morgan fingerprint density at radius 2 is 2.53 bits per heavy atom. The maximum absolute atomic E-state index is 12.9. The Labute approximate surface area is 97.8 Å². The van der Waals surface area contributed by atoms with Gasteiger partial charge in [0.2, 0.25) is 5.95 Å². The van der Waals surface area contributed by atoms with Gasteiger partial charge in [0.15, 0.2) is 0 Å². The quantitative estimate of drug-likeness (QED) is 0.742. The number of morpholine rings is 1.